The van der Waals surface area contributed by atoms with Crippen molar-refractivity contribution in [2.45, 2.75) is 0 Å². The minimum absolute atomic E-state index is 0.391. The Morgan fingerprint density at radius 2 is 1.06 bits per heavy atom. The van der Waals surface area contributed by atoms with Crippen LogP contribution in [0, 0.1) is 12.1 Å². The van der Waals surface area contributed by atoms with E-state index in [4.69, 9.17) is 46.4 Å². The molecule has 3 rings (SSSR count). The first kappa shape index (κ1) is 12.4. The van der Waals surface area contributed by atoms with E-state index < -0.39 is 0 Å². The van der Waals surface area contributed by atoms with Gasteiger partial charge in [0.1, 0.15) is 0 Å². The summed E-state index contributed by atoms with van der Waals surface area (Å²) in [6.45, 7) is 0. The molecule has 0 unspecified atom stereocenters. The highest BCUT2D eigenvalue weighted by atomic mass is 35.5. The van der Waals surface area contributed by atoms with Gasteiger partial charge in [-0.15, -0.1) is 0 Å². The average Bonchev–Trinajstić information content (AvgIpc) is 2.35. The van der Waals surface area contributed by atoms with Crippen molar-refractivity contribution in [1.82, 2.24) is 0 Å². The largest absolute Gasteiger partial charge is 0.0829 e. The molecule has 0 bridgehead atoms. The van der Waals surface area contributed by atoms with Crippen molar-refractivity contribution < 1.29 is 0 Å². The normalized spacial score (nSPS) is 11.3. The Labute approximate surface area is 124 Å². The van der Waals surface area contributed by atoms with Crippen LogP contribution in [0.25, 0.3) is 21.5 Å². The maximum Gasteiger partial charge on any atom is 0.0692 e. The molecule has 2 radical (unpaired) electrons. The van der Waals surface area contributed by atoms with Crippen molar-refractivity contribution in [3.8, 4) is 0 Å². The van der Waals surface area contributed by atoms with Crippen LogP contribution in [0.15, 0.2) is 24.3 Å². The lowest BCUT2D eigenvalue weighted by molar-refractivity contribution is 1.74. The number of hydrogen-bond donors (Lipinski definition) is 0. The predicted molar refractivity (Wildman–Crippen MR) is 79.2 cm³/mol. The lowest BCUT2D eigenvalue weighted by Gasteiger charge is -2.11. The second-order valence-electron chi connectivity index (χ2n) is 3.79. The van der Waals surface area contributed by atoms with Crippen molar-refractivity contribution in [1.29, 1.82) is 0 Å². The molecule has 0 saturated heterocycles. The molecule has 0 heterocycles. The van der Waals surface area contributed by atoms with Crippen LogP contribution in [0.1, 0.15) is 0 Å². The van der Waals surface area contributed by atoms with Gasteiger partial charge < -0.3 is 0 Å². The van der Waals surface area contributed by atoms with E-state index in [1.165, 1.54) is 0 Å². The van der Waals surface area contributed by atoms with Gasteiger partial charge in [0.15, 0.2) is 0 Å². The SMILES string of the molecule is Clc1[c]ccc2c1c(Cl)c(Cl)c1c(Cl)[c]ccc12. The fourth-order valence-corrected chi connectivity index (χ4v) is 3.24. The van der Waals surface area contributed by atoms with E-state index in [9.17, 15) is 0 Å². The molecule has 0 aliphatic heterocycles. The van der Waals surface area contributed by atoms with Crippen LogP contribution in [0.2, 0.25) is 20.1 Å². The summed E-state index contributed by atoms with van der Waals surface area (Å²) < 4.78 is 0. The van der Waals surface area contributed by atoms with Gasteiger partial charge in [-0.25, -0.2) is 0 Å². The molecular weight excluding hydrogens is 310 g/mol. The lowest BCUT2D eigenvalue weighted by Crippen LogP contribution is -1.84. The Morgan fingerprint density at radius 3 is 1.44 bits per heavy atom. The van der Waals surface area contributed by atoms with E-state index in [1.807, 2.05) is 12.1 Å². The maximum absolute atomic E-state index is 6.27. The Balaban J connectivity index is 2.72. The van der Waals surface area contributed by atoms with Gasteiger partial charge in [-0.1, -0.05) is 70.7 Å². The van der Waals surface area contributed by atoms with Crippen molar-refractivity contribution >= 4 is 67.9 Å². The third-order valence-electron chi connectivity index (χ3n) is 2.82. The minimum atomic E-state index is 0.391. The first-order valence-corrected chi connectivity index (χ1v) is 6.59. The summed E-state index contributed by atoms with van der Waals surface area (Å²) in [5.74, 6) is 0. The quantitative estimate of drug-likeness (QED) is 0.433. The standard InChI is InChI=1S/C14H4Cl4/c15-9-5-1-3-7-8-4-2-6-10(16)12(8)14(18)13(17)11(7)9/h1-4H. The zero-order chi connectivity index (χ0) is 12.9. The number of fused-ring (bicyclic) bond motifs is 3. The third kappa shape index (κ3) is 1.68. The molecule has 18 heavy (non-hydrogen) atoms. The Bertz CT molecular complexity index is 711. The molecule has 3 aromatic rings. The topological polar surface area (TPSA) is 0 Å². The zero-order valence-corrected chi connectivity index (χ0v) is 11.8. The van der Waals surface area contributed by atoms with Crippen LogP contribution in [-0.4, -0.2) is 0 Å². The van der Waals surface area contributed by atoms with E-state index in [-0.39, 0.29) is 0 Å². The molecule has 0 fully saturated rings. The van der Waals surface area contributed by atoms with Gasteiger partial charge in [-0.3, -0.25) is 0 Å². The van der Waals surface area contributed by atoms with Gasteiger partial charge in [-0.05, 0) is 10.8 Å². The highest BCUT2D eigenvalue weighted by Gasteiger charge is 2.15. The fraction of sp³-hybridized carbons (Fsp3) is 0. The molecule has 0 aromatic heterocycles. The summed E-state index contributed by atoms with van der Waals surface area (Å²) in [6.07, 6.45) is 0. The molecular formula is C14H4Cl4. The van der Waals surface area contributed by atoms with Gasteiger partial charge in [0.25, 0.3) is 0 Å². The summed E-state index contributed by atoms with van der Waals surface area (Å²) in [6, 6.07) is 13.1. The Morgan fingerprint density at radius 1 is 0.667 bits per heavy atom. The van der Waals surface area contributed by atoms with Crippen LogP contribution in [0.5, 0.6) is 0 Å². The lowest BCUT2D eigenvalue weighted by atomic mass is 10.0. The first-order chi connectivity index (χ1) is 8.61. The van der Waals surface area contributed by atoms with Gasteiger partial charge >= 0.3 is 0 Å². The number of halogens is 4. The third-order valence-corrected chi connectivity index (χ3v) is 4.27. The van der Waals surface area contributed by atoms with E-state index in [2.05, 4.69) is 12.1 Å². The first-order valence-electron chi connectivity index (χ1n) is 5.08. The second-order valence-corrected chi connectivity index (χ2v) is 5.30. The second kappa shape index (κ2) is 4.47. The molecule has 0 atom stereocenters. The predicted octanol–water partition coefficient (Wildman–Crippen LogP) is 6.21. The maximum atomic E-state index is 6.27. The van der Waals surface area contributed by atoms with Crippen molar-refractivity contribution in [3.63, 3.8) is 0 Å². The van der Waals surface area contributed by atoms with Crippen LogP contribution >= 0.6 is 46.4 Å². The van der Waals surface area contributed by atoms with Gasteiger partial charge in [0.2, 0.25) is 0 Å². The number of rotatable bonds is 0. The van der Waals surface area contributed by atoms with Gasteiger partial charge in [0.05, 0.1) is 20.1 Å². The molecule has 4 heteroatoms. The highest BCUT2D eigenvalue weighted by molar-refractivity contribution is 6.53. The molecule has 0 N–H and O–H groups in total. The molecule has 3 aromatic carbocycles. The zero-order valence-electron chi connectivity index (χ0n) is 8.82. The smallest absolute Gasteiger partial charge is 0.0692 e. The summed E-state index contributed by atoms with van der Waals surface area (Å²) in [4.78, 5) is 0. The number of benzene rings is 3. The molecule has 0 aliphatic rings. The minimum Gasteiger partial charge on any atom is -0.0829 e. The molecule has 0 aliphatic carbocycles. The van der Waals surface area contributed by atoms with Crippen LogP contribution < -0.4 is 0 Å². The monoisotopic (exact) mass is 312 g/mol. The summed E-state index contributed by atoms with van der Waals surface area (Å²) in [5, 5.41) is 4.87. The van der Waals surface area contributed by atoms with Gasteiger partial charge in [-0.2, -0.15) is 0 Å². The van der Waals surface area contributed by atoms with E-state index in [0.717, 1.165) is 10.8 Å². The molecule has 88 valence electrons. The van der Waals surface area contributed by atoms with Crippen molar-refractivity contribution in [2.24, 2.45) is 0 Å². The Hall–Kier alpha value is -0.660. The molecule has 0 spiro atoms. The summed E-state index contributed by atoms with van der Waals surface area (Å²) in [7, 11) is 0. The van der Waals surface area contributed by atoms with Gasteiger partial charge in [0, 0.05) is 22.9 Å². The fourth-order valence-electron chi connectivity index (χ4n) is 2.04. The number of hydrogen-bond acceptors (Lipinski definition) is 0. The van der Waals surface area contributed by atoms with Crippen molar-refractivity contribution in [2.75, 3.05) is 0 Å². The van der Waals surface area contributed by atoms with E-state index >= 15 is 0 Å². The molecule has 0 nitrogen and oxygen atoms in total. The highest BCUT2D eigenvalue weighted by Crippen LogP contribution is 2.43. The molecule has 0 saturated carbocycles. The summed E-state index contributed by atoms with van der Waals surface area (Å²) in [5.41, 5.74) is 0. The van der Waals surface area contributed by atoms with E-state index in [0.29, 0.717) is 30.9 Å². The average molecular weight is 314 g/mol. The van der Waals surface area contributed by atoms with Crippen LogP contribution in [-0.2, 0) is 0 Å². The Kier molecular flexibility index (Phi) is 3.07. The van der Waals surface area contributed by atoms with Crippen LogP contribution in [0.3, 0.4) is 0 Å². The van der Waals surface area contributed by atoms with E-state index in [1.54, 1.807) is 12.1 Å². The molecule has 0 amide bonds. The van der Waals surface area contributed by atoms with Crippen molar-refractivity contribution in [3.05, 3.63) is 56.5 Å². The summed E-state index contributed by atoms with van der Waals surface area (Å²) >= 11 is 24.8. The van der Waals surface area contributed by atoms with Crippen LogP contribution in [0.4, 0.5) is 0 Å².